The molecule has 24 heavy (non-hydrogen) atoms. The Hall–Kier alpha value is -2.28. The molecular weight excluding hydrogens is 324 g/mol. The zero-order valence-electron chi connectivity index (χ0n) is 14.7. The first kappa shape index (κ1) is 18.1. The smallest absolute Gasteiger partial charge is 0.191 e. The molecule has 0 bridgehead atoms. The van der Waals surface area contributed by atoms with Crippen molar-refractivity contribution in [2.75, 3.05) is 21.3 Å². The number of benzene rings is 1. The van der Waals surface area contributed by atoms with Gasteiger partial charge in [-0.3, -0.25) is 4.99 Å². The van der Waals surface area contributed by atoms with Crippen LogP contribution in [0.15, 0.2) is 29.4 Å². The lowest BCUT2D eigenvalue weighted by Crippen LogP contribution is -2.38. The third-order valence-corrected chi connectivity index (χ3v) is 4.47. The normalized spacial score (nSPS) is 12.6. The zero-order valence-corrected chi connectivity index (χ0v) is 15.5. The maximum atomic E-state index is 5.45. The number of nitrogens with one attached hydrogen (secondary N) is 2. The van der Waals surface area contributed by atoms with Crippen molar-refractivity contribution in [2.24, 2.45) is 4.99 Å². The summed E-state index contributed by atoms with van der Waals surface area (Å²) in [7, 11) is 5.06. The fraction of sp³-hybridized carbons (Fsp3) is 0.412. The van der Waals surface area contributed by atoms with Gasteiger partial charge >= 0.3 is 0 Å². The molecule has 1 heterocycles. The van der Waals surface area contributed by atoms with Crippen LogP contribution in [-0.4, -0.2) is 32.2 Å². The predicted octanol–water partition coefficient (Wildman–Crippen LogP) is 2.89. The lowest BCUT2D eigenvalue weighted by molar-refractivity contribution is 0.394. The summed E-state index contributed by atoms with van der Waals surface area (Å²) in [6, 6.07) is 5.75. The van der Waals surface area contributed by atoms with Gasteiger partial charge in [-0.15, -0.1) is 11.3 Å². The number of aryl methyl sites for hydroxylation is 1. The SMILES string of the molecule is CN=C(NCc1ncc(C)s1)N[C@H](C)c1cc(OC)ccc1OC. The molecule has 0 radical (unpaired) electrons. The molecule has 7 heteroatoms. The minimum Gasteiger partial charge on any atom is -0.497 e. The molecule has 2 aromatic rings. The summed E-state index contributed by atoms with van der Waals surface area (Å²) < 4.78 is 10.8. The average Bonchev–Trinajstić information content (AvgIpc) is 3.03. The second-order valence-electron chi connectivity index (χ2n) is 5.26. The third-order valence-electron chi connectivity index (χ3n) is 3.56. The number of aliphatic imine (C=N–C) groups is 1. The second kappa shape index (κ2) is 8.54. The van der Waals surface area contributed by atoms with Crippen LogP contribution in [0.25, 0.3) is 0 Å². The molecule has 0 saturated carbocycles. The highest BCUT2D eigenvalue weighted by Gasteiger charge is 2.14. The molecule has 0 unspecified atom stereocenters. The summed E-state index contributed by atoms with van der Waals surface area (Å²) in [5, 5.41) is 7.68. The number of hydrogen-bond donors (Lipinski definition) is 2. The van der Waals surface area contributed by atoms with Crippen LogP contribution in [0.4, 0.5) is 0 Å². The Kier molecular flexibility index (Phi) is 6.43. The van der Waals surface area contributed by atoms with Gasteiger partial charge in [0.05, 0.1) is 26.8 Å². The van der Waals surface area contributed by atoms with Crippen molar-refractivity contribution in [3.8, 4) is 11.5 Å². The van der Waals surface area contributed by atoms with Crippen molar-refractivity contribution in [1.82, 2.24) is 15.6 Å². The maximum Gasteiger partial charge on any atom is 0.191 e. The van der Waals surface area contributed by atoms with E-state index >= 15 is 0 Å². The Labute approximate surface area is 146 Å². The van der Waals surface area contributed by atoms with E-state index in [0.29, 0.717) is 12.5 Å². The minimum absolute atomic E-state index is 0.000666. The van der Waals surface area contributed by atoms with Crippen molar-refractivity contribution in [2.45, 2.75) is 26.4 Å². The topological polar surface area (TPSA) is 67.8 Å². The number of guanidine groups is 1. The van der Waals surface area contributed by atoms with E-state index in [1.165, 1.54) is 4.88 Å². The first-order chi connectivity index (χ1) is 11.6. The quantitative estimate of drug-likeness (QED) is 0.621. The Balaban J connectivity index is 2.04. The summed E-state index contributed by atoms with van der Waals surface area (Å²) in [6.45, 7) is 4.74. The molecule has 1 aromatic carbocycles. The van der Waals surface area contributed by atoms with E-state index in [4.69, 9.17) is 9.47 Å². The summed E-state index contributed by atoms with van der Waals surface area (Å²) in [5.74, 6) is 2.31. The number of rotatable bonds is 6. The van der Waals surface area contributed by atoms with E-state index in [2.05, 4.69) is 27.5 Å². The highest BCUT2D eigenvalue weighted by atomic mass is 32.1. The largest absolute Gasteiger partial charge is 0.497 e. The van der Waals surface area contributed by atoms with Gasteiger partial charge in [0.15, 0.2) is 5.96 Å². The van der Waals surface area contributed by atoms with Crippen LogP contribution in [0, 0.1) is 6.92 Å². The average molecular weight is 348 g/mol. The molecule has 0 aliphatic heterocycles. The van der Waals surface area contributed by atoms with Crippen molar-refractivity contribution in [3.63, 3.8) is 0 Å². The Morgan fingerprint density at radius 2 is 2.12 bits per heavy atom. The van der Waals surface area contributed by atoms with Gasteiger partial charge in [-0.2, -0.15) is 0 Å². The Bertz CT molecular complexity index is 700. The van der Waals surface area contributed by atoms with Crippen LogP contribution in [-0.2, 0) is 6.54 Å². The second-order valence-corrected chi connectivity index (χ2v) is 6.58. The van der Waals surface area contributed by atoms with Gasteiger partial charge < -0.3 is 20.1 Å². The number of ether oxygens (including phenoxy) is 2. The van der Waals surface area contributed by atoms with E-state index in [9.17, 15) is 0 Å². The summed E-state index contributed by atoms with van der Waals surface area (Å²) >= 11 is 1.67. The molecule has 130 valence electrons. The monoisotopic (exact) mass is 348 g/mol. The fourth-order valence-electron chi connectivity index (χ4n) is 2.30. The summed E-state index contributed by atoms with van der Waals surface area (Å²) in [5.41, 5.74) is 1.00. The zero-order chi connectivity index (χ0) is 17.5. The van der Waals surface area contributed by atoms with Crippen molar-refractivity contribution in [3.05, 3.63) is 39.8 Å². The van der Waals surface area contributed by atoms with Gasteiger partial charge in [-0.1, -0.05) is 0 Å². The van der Waals surface area contributed by atoms with E-state index < -0.39 is 0 Å². The van der Waals surface area contributed by atoms with Gasteiger partial charge in [0.2, 0.25) is 0 Å². The van der Waals surface area contributed by atoms with Crippen LogP contribution in [0.2, 0.25) is 0 Å². The molecule has 1 atom stereocenters. The van der Waals surface area contributed by atoms with E-state index in [0.717, 1.165) is 22.1 Å². The number of methoxy groups -OCH3 is 2. The predicted molar refractivity (Wildman–Crippen MR) is 98.1 cm³/mol. The molecule has 0 amide bonds. The first-order valence-electron chi connectivity index (χ1n) is 7.67. The minimum atomic E-state index is -0.000666. The summed E-state index contributed by atoms with van der Waals surface area (Å²) in [6.07, 6.45) is 1.88. The van der Waals surface area contributed by atoms with E-state index in [1.54, 1.807) is 32.6 Å². The number of aromatic nitrogens is 1. The number of hydrogen-bond acceptors (Lipinski definition) is 5. The standard InChI is InChI=1S/C17H24N4O2S/c1-11-9-19-16(24-11)10-20-17(18-3)21-12(2)14-8-13(22-4)6-7-15(14)23-5/h6-9,12H,10H2,1-5H3,(H2,18,20,21)/t12-/m1/s1. The van der Waals surface area contributed by atoms with E-state index in [1.807, 2.05) is 31.3 Å². The Morgan fingerprint density at radius 3 is 2.71 bits per heavy atom. The lowest BCUT2D eigenvalue weighted by atomic mass is 10.1. The molecule has 0 spiro atoms. The van der Waals surface area contributed by atoms with Gasteiger partial charge in [0.25, 0.3) is 0 Å². The first-order valence-corrected chi connectivity index (χ1v) is 8.49. The number of nitrogens with zero attached hydrogens (tertiary/aromatic N) is 2. The molecule has 0 aliphatic rings. The molecule has 0 saturated heterocycles. The van der Waals surface area contributed by atoms with Crippen molar-refractivity contribution >= 4 is 17.3 Å². The maximum absolute atomic E-state index is 5.45. The highest BCUT2D eigenvalue weighted by molar-refractivity contribution is 7.11. The van der Waals surface area contributed by atoms with Gasteiger partial charge in [0, 0.05) is 23.7 Å². The van der Waals surface area contributed by atoms with Crippen LogP contribution in [0.1, 0.15) is 28.4 Å². The van der Waals surface area contributed by atoms with Crippen LogP contribution in [0.3, 0.4) is 0 Å². The Morgan fingerprint density at radius 1 is 1.33 bits per heavy atom. The van der Waals surface area contributed by atoms with Crippen LogP contribution >= 0.6 is 11.3 Å². The van der Waals surface area contributed by atoms with Gasteiger partial charge in [-0.05, 0) is 32.0 Å². The fourth-order valence-corrected chi connectivity index (χ4v) is 3.02. The number of thiazole rings is 1. The molecule has 2 N–H and O–H groups in total. The molecule has 1 aromatic heterocycles. The molecule has 0 fully saturated rings. The molecule has 2 rings (SSSR count). The third kappa shape index (κ3) is 4.61. The van der Waals surface area contributed by atoms with Gasteiger partial charge in [0.1, 0.15) is 16.5 Å². The highest BCUT2D eigenvalue weighted by Crippen LogP contribution is 2.29. The van der Waals surface area contributed by atoms with Crippen LogP contribution in [0.5, 0.6) is 11.5 Å². The lowest BCUT2D eigenvalue weighted by Gasteiger charge is -2.20. The van der Waals surface area contributed by atoms with Crippen LogP contribution < -0.4 is 20.1 Å². The molecule has 0 aliphatic carbocycles. The van der Waals surface area contributed by atoms with Crippen molar-refractivity contribution in [1.29, 1.82) is 0 Å². The molecule has 6 nitrogen and oxygen atoms in total. The summed E-state index contributed by atoms with van der Waals surface area (Å²) in [4.78, 5) is 9.82. The van der Waals surface area contributed by atoms with Crippen molar-refractivity contribution < 1.29 is 9.47 Å². The van der Waals surface area contributed by atoms with Gasteiger partial charge in [-0.25, -0.2) is 4.98 Å². The molecular formula is C17H24N4O2S. The van der Waals surface area contributed by atoms with E-state index in [-0.39, 0.29) is 6.04 Å².